The molecule has 0 amide bonds. The average Bonchev–Trinajstić information content (AvgIpc) is 3.11. The molecule has 2 saturated carbocycles. The molecule has 1 N–H and O–H groups in total. The van der Waals surface area contributed by atoms with Crippen LogP contribution in [0.4, 0.5) is 0 Å². The molecule has 0 aromatic heterocycles. The lowest BCUT2D eigenvalue weighted by atomic mass is 10.0. The van der Waals surface area contributed by atoms with Crippen molar-refractivity contribution < 1.29 is 0 Å². The van der Waals surface area contributed by atoms with Crippen LogP contribution >= 0.6 is 0 Å². The van der Waals surface area contributed by atoms with Gasteiger partial charge in [-0.05, 0) is 70.0 Å². The molecule has 1 aliphatic heterocycles. The van der Waals surface area contributed by atoms with Crippen molar-refractivity contribution in [3.05, 3.63) is 0 Å². The molecule has 3 unspecified atom stereocenters. The van der Waals surface area contributed by atoms with E-state index in [1.165, 1.54) is 71.1 Å². The van der Waals surface area contributed by atoms with Crippen LogP contribution in [0.15, 0.2) is 0 Å². The molecule has 2 heteroatoms. The van der Waals surface area contributed by atoms with Crippen LogP contribution in [0.5, 0.6) is 0 Å². The second-order valence-electron chi connectivity index (χ2n) is 6.95. The standard InChI is InChI=1S/C16H30N2/c1-13(12-18-9-5-2-6-10-18)17-11-16-14-7-3-4-8-15(14)16/h13-17H,2-12H2,1H3. The Labute approximate surface area is 113 Å². The first-order chi connectivity index (χ1) is 8.84. The minimum Gasteiger partial charge on any atom is -0.313 e. The van der Waals surface area contributed by atoms with E-state index in [1.807, 2.05) is 0 Å². The van der Waals surface area contributed by atoms with E-state index in [2.05, 4.69) is 17.1 Å². The van der Waals surface area contributed by atoms with Crippen LogP contribution in [0.25, 0.3) is 0 Å². The third kappa shape index (κ3) is 3.08. The minimum absolute atomic E-state index is 0.686. The van der Waals surface area contributed by atoms with E-state index in [0.717, 1.165) is 17.8 Å². The molecule has 3 fully saturated rings. The van der Waals surface area contributed by atoms with Crippen LogP contribution in [0.2, 0.25) is 0 Å². The van der Waals surface area contributed by atoms with Crippen LogP contribution in [-0.4, -0.2) is 37.1 Å². The molecule has 1 saturated heterocycles. The Morgan fingerprint density at radius 3 is 2.33 bits per heavy atom. The van der Waals surface area contributed by atoms with E-state index in [4.69, 9.17) is 0 Å². The number of fused-ring (bicyclic) bond motifs is 1. The SMILES string of the molecule is CC(CN1CCCCC1)NCC1C2CCCCC21. The third-order valence-electron chi connectivity index (χ3n) is 5.52. The maximum Gasteiger partial charge on any atom is 0.0166 e. The first-order valence-electron chi connectivity index (χ1n) is 8.30. The molecule has 0 bridgehead atoms. The van der Waals surface area contributed by atoms with Crippen molar-refractivity contribution in [3.8, 4) is 0 Å². The summed E-state index contributed by atoms with van der Waals surface area (Å²) >= 11 is 0. The number of rotatable bonds is 5. The predicted molar refractivity (Wildman–Crippen MR) is 76.7 cm³/mol. The van der Waals surface area contributed by atoms with E-state index >= 15 is 0 Å². The van der Waals surface area contributed by atoms with Crippen molar-refractivity contribution >= 4 is 0 Å². The Hall–Kier alpha value is -0.0800. The number of piperidine rings is 1. The summed E-state index contributed by atoms with van der Waals surface area (Å²) in [6.07, 6.45) is 10.3. The molecular weight excluding hydrogens is 220 g/mol. The topological polar surface area (TPSA) is 15.3 Å². The average molecular weight is 250 g/mol. The molecule has 1 heterocycles. The van der Waals surface area contributed by atoms with Crippen molar-refractivity contribution in [2.24, 2.45) is 17.8 Å². The smallest absolute Gasteiger partial charge is 0.0166 e. The molecule has 3 aliphatic rings. The number of nitrogens with one attached hydrogen (secondary N) is 1. The second-order valence-corrected chi connectivity index (χ2v) is 6.95. The molecule has 0 aromatic carbocycles. The summed E-state index contributed by atoms with van der Waals surface area (Å²) in [5, 5.41) is 3.81. The zero-order valence-corrected chi connectivity index (χ0v) is 12.0. The fourth-order valence-corrected chi connectivity index (χ4v) is 4.37. The molecule has 18 heavy (non-hydrogen) atoms. The van der Waals surface area contributed by atoms with Gasteiger partial charge in [0.1, 0.15) is 0 Å². The van der Waals surface area contributed by atoms with Crippen LogP contribution in [0.3, 0.4) is 0 Å². The lowest BCUT2D eigenvalue weighted by Gasteiger charge is -2.29. The Bertz CT molecular complexity index is 248. The fourth-order valence-electron chi connectivity index (χ4n) is 4.37. The molecule has 0 radical (unpaired) electrons. The fraction of sp³-hybridized carbons (Fsp3) is 1.00. The highest BCUT2D eigenvalue weighted by Gasteiger charge is 2.49. The van der Waals surface area contributed by atoms with Gasteiger partial charge in [0.15, 0.2) is 0 Å². The Balaban J connectivity index is 1.33. The predicted octanol–water partition coefficient (Wildman–Crippen LogP) is 2.89. The normalized spacial score (nSPS) is 38.2. The summed E-state index contributed by atoms with van der Waals surface area (Å²) in [6.45, 7) is 7.61. The van der Waals surface area contributed by atoms with Gasteiger partial charge in [-0.3, -0.25) is 0 Å². The van der Waals surface area contributed by atoms with Crippen molar-refractivity contribution in [2.45, 2.75) is 57.9 Å². The van der Waals surface area contributed by atoms with E-state index < -0.39 is 0 Å². The van der Waals surface area contributed by atoms with Gasteiger partial charge in [0.2, 0.25) is 0 Å². The first-order valence-corrected chi connectivity index (χ1v) is 8.30. The van der Waals surface area contributed by atoms with Gasteiger partial charge in [-0.2, -0.15) is 0 Å². The highest BCUT2D eigenvalue weighted by Crippen LogP contribution is 2.54. The van der Waals surface area contributed by atoms with Gasteiger partial charge in [-0.25, -0.2) is 0 Å². The van der Waals surface area contributed by atoms with Crippen molar-refractivity contribution in [1.82, 2.24) is 10.2 Å². The summed E-state index contributed by atoms with van der Waals surface area (Å²) in [7, 11) is 0. The molecule has 104 valence electrons. The van der Waals surface area contributed by atoms with Crippen LogP contribution in [-0.2, 0) is 0 Å². The maximum atomic E-state index is 3.81. The molecular formula is C16H30N2. The van der Waals surface area contributed by atoms with Gasteiger partial charge < -0.3 is 10.2 Å². The number of nitrogens with zero attached hydrogens (tertiary/aromatic N) is 1. The summed E-state index contributed by atoms with van der Waals surface area (Å²) in [6, 6.07) is 0.686. The lowest BCUT2D eigenvalue weighted by Crippen LogP contribution is -2.42. The van der Waals surface area contributed by atoms with E-state index in [9.17, 15) is 0 Å². The molecule has 3 atom stereocenters. The van der Waals surface area contributed by atoms with E-state index in [1.54, 1.807) is 0 Å². The lowest BCUT2D eigenvalue weighted by molar-refractivity contribution is 0.208. The monoisotopic (exact) mass is 250 g/mol. The number of likely N-dealkylation sites (tertiary alicyclic amines) is 1. The van der Waals surface area contributed by atoms with E-state index in [-0.39, 0.29) is 0 Å². The van der Waals surface area contributed by atoms with Gasteiger partial charge in [0.05, 0.1) is 0 Å². The second kappa shape index (κ2) is 5.92. The zero-order chi connectivity index (χ0) is 12.4. The van der Waals surface area contributed by atoms with Gasteiger partial charge in [-0.15, -0.1) is 0 Å². The van der Waals surface area contributed by atoms with Crippen molar-refractivity contribution in [2.75, 3.05) is 26.2 Å². The van der Waals surface area contributed by atoms with Gasteiger partial charge in [-0.1, -0.05) is 19.3 Å². The van der Waals surface area contributed by atoms with Crippen LogP contribution in [0.1, 0.15) is 51.9 Å². The van der Waals surface area contributed by atoms with Crippen molar-refractivity contribution in [1.29, 1.82) is 0 Å². The largest absolute Gasteiger partial charge is 0.313 e. The number of hydrogen-bond donors (Lipinski definition) is 1. The van der Waals surface area contributed by atoms with E-state index in [0.29, 0.717) is 6.04 Å². The molecule has 0 aromatic rings. The first kappa shape index (κ1) is 12.9. The Morgan fingerprint density at radius 2 is 1.67 bits per heavy atom. The van der Waals surface area contributed by atoms with Crippen LogP contribution in [0, 0.1) is 17.8 Å². The quantitative estimate of drug-likeness (QED) is 0.807. The summed E-state index contributed by atoms with van der Waals surface area (Å²) in [5.41, 5.74) is 0. The molecule has 2 aliphatic carbocycles. The third-order valence-corrected chi connectivity index (χ3v) is 5.52. The summed E-state index contributed by atoms with van der Waals surface area (Å²) < 4.78 is 0. The van der Waals surface area contributed by atoms with Gasteiger partial charge in [0, 0.05) is 12.6 Å². The highest BCUT2D eigenvalue weighted by molar-refractivity contribution is 5.00. The summed E-state index contributed by atoms with van der Waals surface area (Å²) in [5.74, 6) is 3.25. The Morgan fingerprint density at radius 1 is 1.00 bits per heavy atom. The zero-order valence-electron chi connectivity index (χ0n) is 12.0. The highest BCUT2D eigenvalue weighted by atomic mass is 15.1. The van der Waals surface area contributed by atoms with Gasteiger partial charge >= 0.3 is 0 Å². The molecule has 2 nitrogen and oxygen atoms in total. The van der Waals surface area contributed by atoms with Crippen LogP contribution < -0.4 is 5.32 Å². The Kier molecular flexibility index (Phi) is 4.25. The molecule has 0 spiro atoms. The molecule has 3 rings (SSSR count). The van der Waals surface area contributed by atoms with Crippen molar-refractivity contribution in [3.63, 3.8) is 0 Å². The van der Waals surface area contributed by atoms with Gasteiger partial charge in [0.25, 0.3) is 0 Å². The maximum absolute atomic E-state index is 3.81. The number of hydrogen-bond acceptors (Lipinski definition) is 2. The summed E-state index contributed by atoms with van der Waals surface area (Å²) in [4.78, 5) is 2.65. The minimum atomic E-state index is 0.686.